The van der Waals surface area contributed by atoms with E-state index in [0.29, 0.717) is 34.5 Å². The molecule has 1 aromatic heterocycles. The summed E-state index contributed by atoms with van der Waals surface area (Å²) in [6.45, 7) is 2.30. The molecule has 0 spiro atoms. The number of benzene rings is 3. The number of hydrogen-bond donors (Lipinski definition) is 0. The van der Waals surface area contributed by atoms with Crippen LogP contribution in [0.15, 0.2) is 54.6 Å². The minimum Gasteiger partial charge on any atom is -0.493 e. The summed E-state index contributed by atoms with van der Waals surface area (Å²) in [4.78, 5) is 13.3. The Labute approximate surface area is 260 Å². The van der Waals surface area contributed by atoms with Gasteiger partial charge < -0.3 is 42.6 Å². The van der Waals surface area contributed by atoms with Crippen molar-refractivity contribution in [3.8, 4) is 52.5 Å². The average Bonchev–Trinajstić information content (AvgIpc) is 3.88. The van der Waals surface area contributed by atoms with Gasteiger partial charge in [0.05, 0.1) is 59.5 Å². The van der Waals surface area contributed by atoms with E-state index in [1.165, 1.54) is 0 Å². The maximum Gasteiger partial charge on any atom is 0.331 e. The fourth-order valence-electron chi connectivity index (χ4n) is 4.87. The molecule has 3 aromatic carbocycles. The van der Waals surface area contributed by atoms with Gasteiger partial charge in [0.1, 0.15) is 0 Å². The summed E-state index contributed by atoms with van der Waals surface area (Å²) < 4.78 is 51.3. The molecule has 0 radical (unpaired) electrons. The summed E-state index contributed by atoms with van der Waals surface area (Å²) in [5, 5.41) is 0. The van der Waals surface area contributed by atoms with Gasteiger partial charge in [-0.2, -0.15) is 0 Å². The summed E-state index contributed by atoms with van der Waals surface area (Å²) in [7, 11) is 4.73. The van der Waals surface area contributed by atoms with Crippen LogP contribution in [0, 0.1) is 0 Å². The van der Waals surface area contributed by atoms with Crippen LogP contribution in [-0.2, 0) is 33.5 Å². The third-order valence-corrected chi connectivity index (χ3v) is 7.46. The summed E-state index contributed by atoms with van der Waals surface area (Å²) in [6, 6.07) is 16.8. The Kier molecular flexibility index (Phi) is 8.25. The van der Waals surface area contributed by atoms with Crippen LogP contribution in [-0.4, -0.2) is 74.4 Å². The lowest BCUT2D eigenvalue weighted by atomic mass is 10.1. The molecule has 12 heteroatoms. The molecule has 3 aliphatic heterocycles. The molecule has 0 amide bonds. The lowest BCUT2D eigenvalue weighted by Gasteiger charge is -2.14. The Hall–Kier alpha value is -4.65. The van der Waals surface area contributed by atoms with Crippen LogP contribution in [0.25, 0.3) is 0 Å². The van der Waals surface area contributed by atoms with E-state index in [1.807, 2.05) is 36.4 Å². The first-order valence-electron chi connectivity index (χ1n) is 14.7. The minimum absolute atomic E-state index is 0.0606. The Morgan fingerprint density at radius 1 is 0.489 bits per heavy atom. The fourth-order valence-corrected chi connectivity index (χ4v) is 4.87. The molecule has 0 N–H and O–H groups in total. The van der Waals surface area contributed by atoms with Gasteiger partial charge in [0.25, 0.3) is 0 Å². The number of ether oxygens (including phenoxy) is 9. The van der Waals surface area contributed by atoms with Gasteiger partial charge in [-0.15, -0.1) is 15.0 Å². The highest BCUT2D eigenvalue weighted by Gasteiger charge is 2.26. The van der Waals surface area contributed by atoms with Crippen molar-refractivity contribution >= 4 is 0 Å². The first kappa shape index (κ1) is 29.1. The van der Waals surface area contributed by atoms with Crippen molar-refractivity contribution in [1.82, 2.24) is 15.0 Å². The third kappa shape index (κ3) is 7.54. The van der Waals surface area contributed by atoms with Crippen molar-refractivity contribution in [2.24, 2.45) is 0 Å². The van der Waals surface area contributed by atoms with E-state index in [0.717, 1.165) is 55.8 Å². The first-order valence-corrected chi connectivity index (χ1v) is 14.7. The molecule has 0 aliphatic carbocycles. The van der Waals surface area contributed by atoms with Crippen LogP contribution in [0.5, 0.6) is 52.5 Å². The van der Waals surface area contributed by atoms with E-state index in [4.69, 9.17) is 42.6 Å². The molecule has 234 valence electrons. The predicted octanol–water partition coefficient (Wildman–Crippen LogP) is 5.10. The lowest BCUT2D eigenvalue weighted by Crippen LogP contribution is -2.04. The number of nitrogens with zero attached hydrogens (tertiary/aromatic N) is 3. The van der Waals surface area contributed by atoms with Crippen molar-refractivity contribution in [2.75, 3.05) is 41.2 Å². The van der Waals surface area contributed by atoms with E-state index >= 15 is 0 Å². The van der Waals surface area contributed by atoms with Gasteiger partial charge in [0.2, 0.25) is 0 Å². The van der Waals surface area contributed by atoms with Gasteiger partial charge in [-0.25, -0.2) is 0 Å². The molecule has 7 rings (SSSR count). The molecule has 3 saturated heterocycles. The van der Waals surface area contributed by atoms with Gasteiger partial charge in [-0.05, 0) is 53.1 Å². The molecule has 3 atom stereocenters. The van der Waals surface area contributed by atoms with Gasteiger partial charge in [0, 0.05) is 19.3 Å². The second kappa shape index (κ2) is 12.8. The molecule has 4 heterocycles. The van der Waals surface area contributed by atoms with Crippen LogP contribution in [0.2, 0.25) is 0 Å². The Morgan fingerprint density at radius 3 is 1.02 bits per heavy atom. The minimum atomic E-state index is -0.0606. The summed E-state index contributed by atoms with van der Waals surface area (Å²) >= 11 is 0. The van der Waals surface area contributed by atoms with Crippen LogP contribution < -0.4 is 28.4 Å². The fraction of sp³-hybridized carbons (Fsp3) is 0.364. The molecular formula is C33H33N3O9. The highest BCUT2D eigenvalue weighted by atomic mass is 16.6. The van der Waals surface area contributed by atoms with E-state index < -0.39 is 0 Å². The van der Waals surface area contributed by atoms with Gasteiger partial charge in [-0.1, -0.05) is 18.2 Å². The molecule has 3 aliphatic rings. The highest BCUT2D eigenvalue weighted by molar-refractivity contribution is 5.47. The largest absolute Gasteiger partial charge is 0.493 e. The Balaban J connectivity index is 1.19. The van der Waals surface area contributed by atoms with E-state index in [-0.39, 0.29) is 36.3 Å². The van der Waals surface area contributed by atoms with Crippen molar-refractivity contribution in [3.05, 3.63) is 71.3 Å². The highest BCUT2D eigenvalue weighted by Crippen LogP contribution is 2.38. The van der Waals surface area contributed by atoms with Crippen molar-refractivity contribution < 1.29 is 42.6 Å². The van der Waals surface area contributed by atoms with E-state index in [2.05, 4.69) is 15.0 Å². The summed E-state index contributed by atoms with van der Waals surface area (Å²) in [6.07, 6.45) is 3.10. The van der Waals surface area contributed by atoms with Gasteiger partial charge >= 0.3 is 18.0 Å². The molecule has 0 saturated carbocycles. The van der Waals surface area contributed by atoms with Gasteiger partial charge in [0.15, 0.2) is 34.5 Å². The molecule has 3 fully saturated rings. The van der Waals surface area contributed by atoms with Crippen molar-refractivity contribution in [1.29, 1.82) is 0 Å². The summed E-state index contributed by atoms with van der Waals surface area (Å²) in [5.74, 6) is 2.80. The maximum absolute atomic E-state index is 6.12. The zero-order valence-corrected chi connectivity index (χ0v) is 25.2. The number of aromatic nitrogens is 3. The van der Waals surface area contributed by atoms with E-state index in [1.54, 1.807) is 39.5 Å². The Bertz CT molecular complexity index is 1470. The van der Waals surface area contributed by atoms with Crippen LogP contribution >= 0.6 is 0 Å². The third-order valence-electron chi connectivity index (χ3n) is 7.46. The van der Waals surface area contributed by atoms with Gasteiger partial charge in [-0.3, -0.25) is 0 Å². The van der Waals surface area contributed by atoms with E-state index in [9.17, 15) is 0 Å². The van der Waals surface area contributed by atoms with Crippen LogP contribution in [0.4, 0.5) is 0 Å². The molecule has 45 heavy (non-hydrogen) atoms. The zero-order valence-electron chi connectivity index (χ0n) is 25.2. The molecule has 12 nitrogen and oxygen atoms in total. The lowest BCUT2D eigenvalue weighted by molar-refractivity contribution is 0.327. The number of hydrogen-bond acceptors (Lipinski definition) is 12. The molecule has 0 bridgehead atoms. The number of methoxy groups -OCH3 is 3. The Morgan fingerprint density at radius 2 is 0.778 bits per heavy atom. The average molecular weight is 616 g/mol. The normalized spacial score (nSPS) is 19.4. The quantitative estimate of drug-likeness (QED) is 0.165. The second-order valence-corrected chi connectivity index (χ2v) is 10.9. The summed E-state index contributed by atoms with van der Waals surface area (Å²) in [5.41, 5.74) is 3.20. The molecule has 4 aromatic rings. The number of rotatable bonds is 15. The second-order valence-electron chi connectivity index (χ2n) is 10.9. The van der Waals surface area contributed by atoms with Crippen LogP contribution in [0.3, 0.4) is 0 Å². The van der Waals surface area contributed by atoms with Crippen molar-refractivity contribution in [2.45, 2.75) is 37.6 Å². The molecular weight excluding hydrogens is 582 g/mol. The monoisotopic (exact) mass is 615 g/mol. The van der Waals surface area contributed by atoms with Crippen molar-refractivity contribution in [3.63, 3.8) is 0 Å². The maximum atomic E-state index is 6.12. The standard InChI is InChI=1S/C33H33N3O9/c1-37-28-13-19(10-22-16-40-22)4-7-25(28)43-31-34-32(44-26-8-5-20(11-23-17-41-23)14-29(26)38-2)36-33(35-31)45-27-9-6-21(12-24-18-42-24)15-30(27)39-3/h4-9,13-15,22-24H,10-12,16-18H2,1-3H3. The zero-order chi connectivity index (χ0) is 30.8. The van der Waals surface area contributed by atoms with Crippen LogP contribution in [0.1, 0.15) is 16.7 Å². The first-order chi connectivity index (χ1) is 22.0. The topological polar surface area (TPSA) is 132 Å². The smallest absolute Gasteiger partial charge is 0.331 e. The number of epoxide rings is 3. The predicted molar refractivity (Wildman–Crippen MR) is 159 cm³/mol. The molecule has 3 unspecified atom stereocenters. The SMILES string of the molecule is COc1cc(CC2CO2)ccc1Oc1nc(Oc2ccc(CC3CO3)cc2OC)nc(Oc2ccc(CC3CO3)cc2OC)n1.